The minimum Gasteiger partial charge on any atom is -0.299 e. The van der Waals surface area contributed by atoms with Crippen LogP contribution in [0.25, 0.3) is 0 Å². The van der Waals surface area contributed by atoms with Crippen molar-refractivity contribution in [3.05, 3.63) is 0 Å². The molecule has 1 atom stereocenters. The third-order valence-corrected chi connectivity index (χ3v) is 3.43. The van der Waals surface area contributed by atoms with Gasteiger partial charge in [-0.3, -0.25) is 13.8 Å². The fraction of sp³-hybridized carbons (Fsp3) is 0.818. The largest absolute Gasteiger partial charge is 0.299 e. The Morgan fingerprint density at radius 3 is 1.87 bits per heavy atom. The molecule has 0 saturated heterocycles. The average molecular weight is 232 g/mol. The predicted molar refractivity (Wildman–Crippen MR) is 62.2 cm³/mol. The molecule has 0 heterocycles. The minimum atomic E-state index is -1.18. The topological polar surface area (TPSA) is 51.2 Å². The fourth-order valence-electron chi connectivity index (χ4n) is 0.901. The number of hydrogen-bond acceptors (Lipinski definition) is 3. The molecule has 0 fully saturated rings. The first-order chi connectivity index (χ1) is 6.84. The molecule has 0 aromatic heterocycles. The Balaban J connectivity index is 3.86. The van der Waals surface area contributed by atoms with Gasteiger partial charge in [-0.15, -0.1) is 0 Å². The summed E-state index contributed by atoms with van der Waals surface area (Å²) >= 11 is 0. The van der Waals surface area contributed by atoms with E-state index in [2.05, 4.69) is 0 Å². The Labute approximate surface area is 94.1 Å². The van der Waals surface area contributed by atoms with Gasteiger partial charge in [0, 0.05) is 34.8 Å². The maximum absolute atomic E-state index is 11.4. The smallest absolute Gasteiger partial charge is 0.147 e. The molecule has 0 N–H and O–H groups in total. The van der Waals surface area contributed by atoms with E-state index in [-0.39, 0.29) is 29.2 Å². The molecule has 0 aromatic carbocycles. The molecule has 0 aliphatic heterocycles. The molecule has 0 rings (SSSR count). The van der Waals surface area contributed by atoms with Crippen LogP contribution in [0.1, 0.15) is 34.1 Å². The second-order valence-electron chi connectivity index (χ2n) is 4.28. The third-order valence-electron chi connectivity index (χ3n) is 2.17. The molecule has 0 aliphatic carbocycles. The lowest BCUT2D eigenvalue weighted by atomic mass is 10.1. The summed E-state index contributed by atoms with van der Waals surface area (Å²) in [6, 6.07) is 0. The summed E-state index contributed by atoms with van der Waals surface area (Å²) in [5, 5.41) is 0. The molecule has 15 heavy (non-hydrogen) atoms. The second kappa shape index (κ2) is 6.88. The van der Waals surface area contributed by atoms with Crippen molar-refractivity contribution < 1.29 is 13.8 Å². The molecule has 0 amide bonds. The zero-order valence-electron chi connectivity index (χ0n) is 9.91. The van der Waals surface area contributed by atoms with Crippen LogP contribution >= 0.6 is 0 Å². The van der Waals surface area contributed by atoms with Gasteiger partial charge in [0.2, 0.25) is 0 Å². The van der Waals surface area contributed by atoms with Crippen LogP contribution in [0.5, 0.6) is 0 Å². The molecule has 0 saturated carbocycles. The molecule has 4 heteroatoms. The Morgan fingerprint density at radius 2 is 1.47 bits per heavy atom. The maximum Gasteiger partial charge on any atom is 0.147 e. The Morgan fingerprint density at radius 1 is 1.00 bits per heavy atom. The molecule has 88 valence electrons. The van der Waals surface area contributed by atoms with Gasteiger partial charge < -0.3 is 0 Å². The molecule has 0 bridgehead atoms. The Hall–Kier alpha value is -0.510. The lowest BCUT2D eigenvalue weighted by Crippen LogP contribution is -2.20. The molecule has 3 nitrogen and oxygen atoms in total. The number of Topliss-reactive ketones (excluding diaryl/α,β-unsaturated/α-hetero) is 2. The van der Waals surface area contributed by atoms with Crippen LogP contribution in [0.4, 0.5) is 0 Å². The van der Waals surface area contributed by atoms with E-state index in [0.29, 0.717) is 12.2 Å². The van der Waals surface area contributed by atoms with Gasteiger partial charge in [0.25, 0.3) is 0 Å². The molecule has 0 aromatic rings. The predicted octanol–water partition coefficient (Wildman–Crippen LogP) is 1.58. The standard InChI is InChI=1S/C11H20O3S/c1-8(2)10(12)5-6-15(14)7-11(13)9(3)4/h8-9H,5-7H2,1-4H3. The first-order valence-corrected chi connectivity index (χ1v) is 6.73. The quantitative estimate of drug-likeness (QED) is 0.669. The number of ketones is 2. The van der Waals surface area contributed by atoms with Gasteiger partial charge in [-0.05, 0) is 0 Å². The molecule has 0 spiro atoms. The summed E-state index contributed by atoms with van der Waals surface area (Å²) in [5.74, 6) is 0.432. The summed E-state index contributed by atoms with van der Waals surface area (Å²) in [5.41, 5.74) is 0. The van der Waals surface area contributed by atoms with Crippen molar-refractivity contribution in [1.29, 1.82) is 0 Å². The number of rotatable bonds is 7. The van der Waals surface area contributed by atoms with Crippen molar-refractivity contribution in [3.8, 4) is 0 Å². The van der Waals surface area contributed by atoms with Crippen LogP contribution in [0.2, 0.25) is 0 Å². The van der Waals surface area contributed by atoms with Crippen LogP contribution in [0, 0.1) is 11.8 Å². The summed E-state index contributed by atoms with van der Waals surface area (Å²) in [4.78, 5) is 22.5. The van der Waals surface area contributed by atoms with E-state index in [4.69, 9.17) is 0 Å². The zero-order chi connectivity index (χ0) is 12.0. The molecule has 0 radical (unpaired) electrons. The summed E-state index contributed by atoms with van der Waals surface area (Å²) in [6.07, 6.45) is 0.315. The SMILES string of the molecule is CC(C)C(=O)CCS(=O)CC(=O)C(C)C. The highest BCUT2D eigenvalue weighted by atomic mass is 32.2. The Kier molecular flexibility index (Phi) is 6.65. The minimum absolute atomic E-state index is 0.00493. The van der Waals surface area contributed by atoms with E-state index < -0.39 is 10.8 Å². The highest BCUT2D eigenvalue weighted by molar-refractivity contribution is 7.85. The van der Waals surface area contributed by atoms with E-state index in [0.717, 1.165) is 0 Å². The van der Waals surface area contributed by atoms with Gasteiger partial charge in [-0.1, -0.05) is 27.7 Å². The second-order valence-corrected chi connectivity index (χ2v) is 5.86. The van der Waals surface area contributed by atoms with Crippen LogP contribution in [0.3, 0.4) is 0 Å². The summed E-state index contributed by atoms with van der Waals surface area (Å²) < 4.78 is 11.4. The monoisotopic (exact) mass is 232 g/mol. The summed E-state index contributed by atoms with van der Waals surface area (Å²) in [7, 11) is -1.18. The maximum atomic E-state index is 11.4. The van der Waals surface area contributed by atoms with Crippen molar-refractivity contribution in [3.63, 3.8) is 0 Å². The first-order valence-electron chi connectivity index (χ1n) is 5.25. The van der Waals surface area contributed by atoms with Gasteiger partial charge in [0.05, 0.1) is 5.75 Å². The normalized spacial score (nSPS) is 13.2. The van der Waals surface area contributed by atoms with E-state index in [9.17, 15) is 13.8 Å². The molecule has 1 unspecified atom stereocenters. The first kappa shape index (κ1) is 14.5. The molecular formula is C11H20O3S. The average Bonchev–Trinajstić information content (AvgIpc) is 2.13. The van der Waals surface area contributed by atoms with Crippen molar-refractivity contribution in [2.75, 3.05) is 11.5 Å². The van der Waals surface area contributed by atoms with Crippen LogP contribution < -0.4 is 0 Å². The number of carbonyl (C=O) groups excluding carboxylic acids is 2. The van der Waals surface area contributed by atoms with Crippen molar-refractivity contribution in [1.82, 2.24) is 0 Å². The van der Waals surface area contributed by atoms with Crippen LogP contribution in [0.15, 0.2) is 0 Å². The van der Waals surface area contributed by atoms with E-state index in [1.807, 2.05) is 13.8 Å². The molecule has 0 aliphatic rings. The van der Waals surface area contributed by atoms with E-state index in [1.165, 1.54) is 0 Å². The van der Waals surface area contributed by atoms with Crippen molar-refractivity contribution in [2.24, 2.45) is 11.8 Å². The van der Waals surface area contributed by atoms with E-state index in [1.54, 1.807) is 13.8 Å². The number of hydrogen-bond donors (Lipinski definition) is 0. The van der Waals surface area contributed by atoms with E-state index >= 15 is 0 Å². The van der Waals surface area contributed by atoms with Gasteiger partial charge in [0.1, 0.15) is 11.6 Å². The van der Waals surface area contributed by atoms with Gasteiger partial charge in [-0.2, -0.15) is 0 Å². The van der Waals surface area contributed by atoms with Crippen LogP contribution in [-0.2, 0) is 20.4 Å². The Bertz CT molecular complexity index is 257. The van der Waals surface area contributed by atoms with Gasteiger partial charge in [0.15, 0.2) is 0 Å². The lowest BCUT2D eigenvalue weighted by Gasteiger charge is -2.05. The van der Waals surface area contributed by atoms with Gasteiger partial charge >= 0.3 is 0 Å². The molecular weight excluding hydrogens is 212 g/mol. The van der Waals surface area contributed by atoms with Crippen LogP contribution in [-0.4, -0.2) is 27.3 Å². The van der Waals surface area contributed by atoms with Crippen molar-refractivity contribution >= 4 is 22.4 Å². The number of carbonyl (C=O) groups is 2. The zero-order valence-corrected chi connectivity index (χ0v) is 10.7. The fourth-order valence-corrected chi connectivity index (χ4v) is 2.12. The van der Waals surface area contributed by atoms with Crippen molar-refractivity contribution in [2.45, 2.75) is 34.1 Å². The highest BCUT2D eigenvalue weighted by Crippen LogP contribution is 2.02. The highest BCUT2D eigenvalue weighted by Gasteiger charge is 2.14. The summed E-state index contributed by atoms with van der Waals surface area (Å²) in [6.45, 7) is 7.23. The third kappa shape index (κ3) is 6.55. The van der Waals surface area contributed by atoms with Gasteiger partial charge in [-0.25, -0.2) is 0 Å². The lowest BCUT2D eigenvalue weighted by molar-refractivity contribution is -0.121.